The van der Waals surface area contributed by atoms with E-state index in [1.54, 1.807) is 11.1 Å². The summed E-state index contributed by atoms with van der Waals surface area (Å²) < 4.78 is 2.40. The van der Waals surface area contributed by atoms with Gasteiger partial charge in [0, 0.05) is 25.0 Å². The molecular weight excluding hydrogens is 228 g/mol. The van der Waals surface area contributed by atoms with Crippen LogP contribution in [0.5, 0.6) is 0 Å². The van der Waals surface area contributed by atoms with E-state index in [-0.39, 0.29) is 0 Å². The van der Waals surface area contributed by atoms with Crippen LogP contribution in [0.3, 0.4) is 0 Å². The first kappa shape index (κ1) is 13.0. The third-order valence-electron chi connectivity index (χ3n) is 3.57. The molecule has 96 valence electrons. The molecule has 0 aromatic carbocycles. The van der Waals surface area contributed by atoms with Crippen LogP contribution in [0.4, 0.5) is 0 Å². The quantitative estimate of drug-likeness (QED) is 0.783. The van der Waals surface area contributed by atoms with Crippen molar-refractivity contribution in [2.45, 2.75) is 45.2 Å². The Balaban J connectivity index is 1.94. The van der Waals surface area contributed by atoms with Gasteiger partial charge in [-0.1, -0.05) is 6.92 Å². The van der Waals surface area contributed by atoms with Gasteiger partial charge < -0.3 is 9.88 Å². The van der Waals surface area contributed by atoms with Gasteiger partial charge >= 0.3 is 0 Å². The molecule has 17 heavy (non-hydrogen) atoms. The Morgan fingerprint density at radius 1 is 1.47 bits per heavy atom. The molecule has 1 aromatic rings. The minimum atomic E-state index is 0.588. The molecule has 0 saturated heterocycles. The molecule has 0 radical (unpaired) electrons. The normalized spacial score (nSPS) is 19.3. The molecule has 1 unspecified atom stereocenters. The Labute approximate surface area is 109 Å². The van der Waals surface area contributed by atoms with Gasteiger partial charge in [-0.2, -0.15) is 11.8 Å². The predicted molar refractivity (Wildman–Crippen MR) is 76.8 cm³/mol. The Hall–Kier alpha value is -0.410. The van der Waals surface area contributed by atoms with E-state index in [1.807, 2.05) is 11.8 Å². The maximum atomic E-state index is 3.43. The van der Waals surface area contributed by atoms with Gasteiger partial charge in [0.1, 0.15) is 0 Å². The summed E-state index contributed by atoms with van der Waals surface area (Å²) in [6.07, 6.45) is 9.91. The topological polar surface area (TPSA) is 17.0 Å². The van der Waals surface area contributed by atoms with E-state index in [1.165, 1.54) is 43.7 Å². The molecule has 2 rings (SSSR count). The van der Waals surface area contributed by atoms with Gasteiger partial charge in [0.15, 0.2) is 0 Å². The Bertz CT molecular complexity index is 346. The lowest BCUT2D eigenvalue weighted by molar-refractivity contribution is 0.498. The van der Waals surface area contributed by atoms with Crippen molar-refractivity contribution in [3.8, 4) is 0 Å². The van der Waals surface area contributed by atoms with Crippen LogP contribution in [0.2, 0.25) is 0 Å². The van der Waals surface area contributed by atoms with Crippen molar-refractivity contribution in [1.82, 2.24) is 9.88 Å². The van der Waals surface area contributed by atoms with Crippen molar-refractivity contribution in [2.24, 2.45) is 0 Å². The first-order chi connectivity index (χ1) is 8.35. The fourth-order valence-corrected chi connectivity index (χ4v) is 3.29. The zero-order valence-electron chi connectivity index (χ0n) is 11.0. The zero-order chi connectivity index (χ0) is 12.1. The summed E-state index contributed by atoms with van der Waals surface area (Å²) >= 11 is 2.04. The molecule has 0 amide bonds. The zero-order valence-corrected chi connectivity index (χ0v) is 11.9. The number of rotatable bonds is 6. The minimum Gasteiger partial charge on any atom is -0.354 e. The molecule has 2 nitrogen and oxygen atoms in total. The summed E-state index contributed by atoms with van der Waals surface area (Å²) in [6.45, 7) is 3.41. The van der Waals surface area contributed by atoms with E-state index in [2.05, 4.69) is 36.2 Å². The van der Waals surface area contributed by atoms with Gasteiger partial charge in [-0.3, -0.25) is 0 Å². The Kier molecular flexibility index (Phi) is 4.99. The number of hydrogen-bond donors (Lipinski definition) is 1. The molecule has 1 heterocycles. The van der Waals surface area contributed by atoms with Crippen LogP contribution in [-0.4, -0.2) is 23.1 Å². The molecule has 1 aliphatic rings. The molecular formula is C14H24N2S. The van der Waals surface area contributed by atoms with E-state index in [4.69, 9.17) is 0 Å². The summed E-state index contributed by atoms with van der Waals surface area (Å²) in [7, 11) is 2.08. The van der Waals surface area contributed by atoms with E-state index >= 15 is 0 Å². The number of aryl methyl sites for hydroxylation is 2. The number of thioether (sulfide) groups is 1. The van der Waals surface area contributed by atoms with Crippen LogP contribution in [-0.2, 0) is 13.0 Å². The standard InChI is InChI=1S/C14H24N2S/c1-3-17-9-5-8-16-10-12-6-4-7-14(15-2)13(12)11-16/h10-11,14-15H,3-9H2,1-2H3. The average Bonchev–Trinajstić information content (AvgIpc) is 2.77. The Morgan fingerprint density at radius 2 is 2.35 bits per heavy atom. The molecule has 0 aliphatic heterocycles. The molecule has 1 atom stereocenters. The first-order valence-corrected chi connectivity index (χ1v) is 7.94. The van der Waals surface area contributed by atoms with E-state index < -0.39 is 0 Å². The second kappa shape index (κ2) is 6.50. The summed E-state index contributed by atoms with van der Waals surface area (Å²) in [4.78, 5) is 0. The number of hydrogen-bond acceptors (Lipinski definition) is 2. The van der Waals surface area contributed by atoms with Gasteiger partial charge in [-0.05, 0) is 55.4 Å². The molecule has 1 N–H and O–H groups in total. The third kappa shape index (κ3) is 3.29. The second-order valence-electron chi connectivity index (χ2n) is 4.76. The SMILES string of the molecule is CCSCCCn1cc2c(c1)C(NC)CCC2. The predicted octanol–water partition coefficient (Wildman–Crippen LogP) is 3.23. The fraction of sp³-hybridized carbons (Fsp3) is 0.714. The van der Waals surface area contributed by atoms with Crippen LogP contribution >= 0.6 is 11.8 Å². The van der Waals surface area contributed by atoms with Crippen LogP contribution in [0.1, 0.15) is 43.4 Å². The van der Waals surface area contributed by atoms with Crippen molar-refractivity contribution in [2.75, 3.05) is 18.6 Å². The van der Waals surface area contributed by atoms with Gasteiger partial charge in [0.2, 0.25) is 0 Å². The maximum Gasteiger partial charge on any atom is 0.0335 e. The lowest BCUT2D eigenvalue weighted by Gasteiger charge is -2.21. The molecule has 0 spiro atoms. The van der Waals surface area contributed by atoms with Crippen molar-refractivity contribution in [1.29, 1.82) is 0 Å². The molecule has 1 aliphatic carbocycles. The van der Waals surface area contributed by atoms with Gasteiger partial charge in [-0.15, -0.1) is 0 Å². The van der Waals surface area contributed by atoms with E-state index in [9.17, 15) is 0 Å². The largest absolute Gasteiger partial charge is 0.354 e. The van der Waals surface area contributed by atoms with E-state index in [0.717, 1.165) is 0 Å². The lowest BCUT2D eigenvalue weighted by Crippen LogP contribution is -2.20. The second-order valence-corrected chi connectivity index (χ2v) is 6.15. The smallest absolute Gasteiger partial charge is 0.0335 e. The van der Waals surface area contributed by atoms with Crippen molar-refractivity contribution in [3.63, 3.8) is 0 Å². The number of fused-ring (bicyclic) bond motifs is 1. The monoisotopic (exact) mass is 252 g/mol. The highest BCUT2D eigenvalue weighted by Gasteiger charge is 2.20. The van der Waals surface area contributed by atoms with E-state index in [0.29, 0.717) is 6.04 Å². The van der Waals surface area contributed by atoms with Crippen LogP contribution in [0.15, 0.2) is 12.4 Å². The highest BCUT2D eigenvalue weighted by molar-refractivity contribution is 7.99. The molecule has 0 saturated carbocycles. The van der Waals surface area contributed by atoms with Crippen LogP contribution in [0.25, 0.3) is 0 Å². The fourth-order valence-electron chi connectivity index (χ4n) is 2.67. The van der Waals surface area contributed by atoms with Gasteiger partial charge in [-0.25, -0.2) is 0 Å². The first-order valence-electron chi connectivity index (χ1n) is 6.78. The molecule has 3 heteroatoms. The maximum absolute atomic E-state index is 3.43. The lowest BCUT2D eigenvalue weighted by atomic mass is 9.91. The number of aromatic nitrogens is 1. The summed E-state index contributed by atoms with van der Waals surface area (Å²) in [6, 6.07) is 0.588. The van der Waals surface area contributed by atoms with Crippen molar-refractivity contribution >= 4 is 11.8 Å². The van der Waals surface area contributed by atoms with Crippen molar-refractivity contribution < 1.29 is 0 Å². The number of nitrogens with one attached hydrogen (secondary N) is 1. The van der Waals surface area contributed by atoms with Gasteiger partial charge in [0.25, 0.3) is 0 Å². The molecule has 0 bridgehead atoms. The average molecular weight is 252 g/mol. The summed E-state index contributed by atoms with van der Waals surface area (Å²) in [5, 5.41) is 3.43. The molecule has 0 fully saturated rings. The summed E-state index contributed by atoms with van der Waals surface area (Å²) in [5.41, 5.74) is 3.11. The highest BCUT2D eigenvalue weighted by atomic mass is 32.2. The minimum absolute atomic E-state index is 0.588. The summed E-state index contributed by atoms with van der Waals surface area (Å²) in [5.74, 6) is 2.53. The van der Waals surface area contributed by atoms with Crippen LogP contribution in [0, 0.1) is 0 Å². The highest BCUT2D eigenvalue weighted by Crippen LogP contribution is 2.30. The number of nitrogens with zero attached hydrogens (tertiary/aromatic N) is 1. The third-order valence-corrected chi connectivity index (χ3v) is 4.55. The van der Waals surface area contributed by atoms with Crippen LogP contribution < -0.4 is 5.32 Å². The Morgan fingerprint density at radius 3 is 3.12 bits per heavy atom. The molecule has 1 aromatic heterocycles. The van der Waals surface area contributed by atoms with Crippen molar-refractivity contribution in [3.05, 3.63) is 23.5 Å². The van der Waals surface area contributed by atoms with Gasteiger partial charge in [0.05, 0.1) is 0 Å².